The van der Waals surface area contributed by atoms with E-state index in [4.69, 9.17) is 9.47 Å². The molecule has 0 amide bonds. The molecule has 0 radical (unpaired) electrons. The largest absolute Gasteiger partial charge is 0.508 e. The van der Waals surface area contributed by atoms with Crippen LogP contribution < -0.4 is 0 Å². The van der Waals surface area contributed by atoms with Crippen molar-refractivity contribution in [3.63, 3.8) is 0 Å². The van der Waals surface area contributed by atoms with Gasteiger partial charge in [-0.25, -0.2) is 0 Å². The fourth-order valence-corrected chi connectivity index (χ4v) is 5.74. The minimum Gasteiger partial charge on any atom is -0.508 e. The minimum absolute atomic E-state index is 0.0473. The second-order valence-corrected chi connectivity index (χ2v) is 11.0. The van der Waals surface area contributed by atoms with E-state index in [1.54, 1.807) is 18.2 Å². The van der Waals surface area contributed by atoms with Crippen molar-refractivity contribution in [3.8, 4) is 5.75 Å². The smallest absolute Gasteiger partial charge is 0.195 e. The first-order chi connectivity index (χ1) is 17.0. The first-order valence-corrected chi connectivity index (χ1v) is 12.1. The summed E-state index contributed by atoms with van der Waals surface area (Å²) in [5.41, 5.74) is 0.909. The van der Waals surface area contributed by atoms with Crippen LogP contribution in [0.15, 0.2) is 71.3 Å². The molecule has 0 aromatic heterocycles. The highest BCUT2D eigenvalue weighted by molar-refractivity contribution is 6.30. The van der Waals surface area contributed by atoms with Gasteiger partial charge in [0.25, 0.3) is 0 Å². The Morgan fingerprint density at radius 3 is 2.42 bits per heavy atom. The molecule has 2 aliphatic carbocycles. The predicted molar refractivity (Wildman–Crippen MR) is 132 cm³/mol. The van der Waals surface area contributed by atoms with E-state index in [1.807, 2.05) is 52.0 Å². The number of aromatic hydroxyl groups is 1. The number of phenolic OH excluding ortho intramolecular Hbond substituents is 1. The summed E-state index contributed by atoms with van der Waals surface area (Å²) in [6.07, 6.45) is 3.37. The molecule has 2 aromatic carbocycles. The number of allylic oxidation sites excluding steroid dienone is 2. The van der Waals surface area contributed by atoms with Crippen molar-refractivity contribution < 1.29 is 29.0 Å². The van der Waals surface area contributed by atoms with E-state index < -0.39 is 29.0 Å². The monoisotopic (exact) mass is 482 g/mol. The number of ketones is 3. The van der Waals surface area contributed by atoms with Gasteiger partial charge in [0, 0.05) is 33.8 Å². The molecular weight excluding hydrogens is 456 g/mol. The molecule has 2 heterocycles. The number of ether oxygens (including phenoxy) is 2. The molecule has 2 aromatic rings. The second kappa shape index (κ2) is 7.37. The van der Waals surface area contributed by atoms with Crippen molar-refractivity contribution in [2.75, 3.05) is 0 Å². The molecule has 1 N–H and O–H groups in total. The van der Waals surface area contributed by atoms with Crippen LogP contribution in [0.25, 0.3) is 5.76 Å². The summed E-state index contributed by atoms with van der Waals surface area (Å²) in [5, 5.41) is 10.2. The highest BCUT2D eigenvalue weighted by atomic mass is 16.5. The van der Waals surface area contributed by atoms with Crippen LogP contribution in [-0.4, -0.2) is 33.7 Å². The van der Waals surface area contributed by atoms with Gasteiger partial charge in [-0.05, 0) is 51.5 Å². The van der Waals surface area contributed by atoms with Crippen molar-refractivity contribution in [3.05, 3.63) is 93.6 Å². The van der Waals surface area contributed by atoms with Crippen molar-refractivity contribution in [2.45, 2.75) is 51.4 Å². The number of carbonyl (C=O) groups is 3. The normalized spacial score (nSPS) is 27.6. The van der Waals surface area contributed by atoms with Crippen LogP contribution >= 0.6 is 0 Å². The van der Waals surface area contributed by atoms with Crippen LogP contribution in [0.2, 0.25) is 0 Å². The summed E-state index contributed by atoms with van der Waals surface area (Å²) < 4.78 is 12.7. The van der Waals surface area contributed by atoms with Gasteiger partial charge in [0.2, 0.25) is 0 Å². The van der Waals surface area contributed by atoms with E-state index >= 15 is 0 Å². The zero-order chi connectivity index (χ0) is 25.6. The van der Waals surface area contributed by atoms with Crippen molar-refractivity contribution in [1.29, 1.82) is 0 Å². The minimum atomic E-state index is -0.787. The van der Waals surface area contributed by atoms with Gasteiger partial charge in [0.05, 0.1) is 23.7 Å². The molecule has 182 valence electrons. The van der Waals surface area contributed by atoms with Crippen molar-refractivity contribution in [1.82, 2.24) is 0 Å². The third-order valence-electron chi connectivity index (χ3n) is 7.26. The van der Waals surface area contributed by atoms with Crippen LogP contribution in [0.1, 0.15) is 72.1 Å². The molecule has 6 rings (SSSR count). The van der Waals surface area contributed by atoms with Crippen LogP contribution in [0.3, 0.4) is 0 Å². The zero-order valence-corrected chi connectivity index (χ0v) is 20.5. The molecule has 36 heavy (non-hydrogen) atoms. The lowest BCUT2D eigenvalue weighted by Gasteiger charge is -2.43. The maximum absolute atomic E-state index is 14.1. The van der Waals surface area contributed by atoms with Gasteiger partial charge in [-0.2, -0.15) is 0 Å². The van der Waals surface area contributed by atoms with E-state index in [-0.39, 0.29) is 51.8 Å². The van der Waals surface area contributed by atoms with Crippen LogP contribution in [0.5, 0.6) is 5.75 Å². The summed E-state index contributed by atoms with van der Waals surface area (Å²) in [6, 6.07) is 11.7. The van der Waals surface area contributed by atoms with E-state index in [1.165, 1.54) is 12.1 Å². The third kappa shape index (κ3) is 3.24. The Bertz CT molecular complexity index is 1480. The Morgan fingerprint density at radius 1 is 0.889 bits per heavy atom. The van der Waals surface area contributed by atoms with E-state index in [0.29, 0.717) is 11.1 Å². The number of phenols is 1. The van der Waals surface area contributed by atoms with Crippen molar-refractivity contribution in [2.24, 2.45) is 5.92 Å². The summed E-state index contributed by atoms with van der Waals surface area (Å²) in [6.45, 7) is 7.51. The SMILES string of the molecule is CC1(C)C=CC2C(=C3C(=O)c4cc(O)ccc4C4=C3C(=O)CC(C)(C)O4)C(=O)c3ccccc3C2O1. The van der Waals surface area contributed by atoms with Gasteiger partial charge in [-0.3, -0.25) is 14.4 Å². The Morgan fingerprint density at radius 2 is 1.64 bits per heavy atom. The molecule has 6 heteroatoms. The van der Waals surface area contributed by atoms with E-state index in [2.05, 4.69) is 0 Å². The molecule has 0 spiro atoms. The molecule has 2 atom stereocenters. The number of Topliss-reactive ketones (excluding diaryl/α,β-unsaturated/α-hetero) is 3. The molecule has 2 unspecified atom stereocenters. The number of hydrogen-bond donors (Lipinski definition) is 1. The maximum atomic E-state index is 14.1. The van der Waals surface area contributed by atoms with Gasteiger partial charge < -0.3 is 14.6 Å². The van der Waals surface area contributed by atoms with Gasteiger partial charge in [0.1, 0.15) is 17.1 Å². The maximum Gasteiger partial charge on any atom is 0.195 e. The predicted octanol–water partition coefficient (Wildman–Crippen LogP) is 5.28. The number of hydrogen-bond acceptors (Lipinski definition) is 6. The summed E-state index contributed by atoms with van der Waals surface area (Å²) >= 11 is 0. The molecule has 2 aliphatic heterocycles. The third-order valence-corrected chi connectivity index (χ3v) is 7.26. The lowest BCUT2D eigenvalue weighted by molar-refractivity contribution is -0.120. The number of carbonyl (C=O) groups excluding carboxylic acids is 3. The Balaban J connectivity index is 1.70. The first kappa shape index (κ1) is 22.7. The quantitative estimate of drug-likeness (QED) is 0.406. The van der Waals surface area contributed by atoms with Crippen LogP contribution in [0.4, 0.5) is 0 Å². The lowest BCUT2D eigenvalue weighted by Crippen LogP contribution is -2.41. The van der Waals surface area contributed by atoms with Gasteiger partial charge in [-0.1, -0.05) is 36.4 Å². The Labute approximate surface area is 208 Å². The highest BCUT2D eigenvalue weighted by Gasteiger charge is 2.49. The van der Waals surface area contributed by atoms with Gasteiger partial charge in [-0.15, -0.1) is 0 Å². The summed E-state index contributed by atoms with van der Waals surface area (Å²) in [7, 11) is 0. The molecule has 4 aliphatic rings. The molecule has 0 saturated carbocycles. The number of benzene rings is 2. The summed E-state index contributed by atoms with van der Waals surface area (Å²) in [5.74, 6) is -1.41. The Hall–Kier alpha value is -3.77. The van der Waals surface area contributed by atoms with Crippen LogP contribution in [0, 0.1) is 5.92 Å². The average molecular weight is 483 g/mol. The molecular formula is C30H26O6. The lowest BCUT2D eigenvalue weighted by atomic mass is 9.68. The van der Waals surface area contributed by atoms with E-state index in [0.717, 1.165) is 5.56 Å². The van der Waals surface area contributed by atoms with Gasteiger partial charge in [0.15, 0.2) is 17.3 Å². The highest BCUT2D eigenvalue weighted by Crippen LogP contribution is 2.51. The first-order valence-electron chi connectivity index (χ1n) is 12.1. The van der Waals surface area contributed by atoms with E-state index in [9.17, 15) is 19.5 Å². The summed E-state index contributed by atoms with van der Waals surface area (Å²) in [4.78, 5) is 41.7. The molecule has 0 fully saturated rings. The molecule has 6 nitrogen and oxygen atoms in total. The number of rotatable bonds is 0. The van der Waals surface area contributed by atoms with Crippen molar-refractivity contribution >= 4 is 23.1 Å². The topological polar surface area (TPSA) is 89.9 Å². The average Bonchev–Trinajstić information content (AvgIpc) is 2.80. The Kier molecular flexibility index (Phi) is 4.64. The fraction of sp³-hybridized carbons (Fsp3) is 0.300. The van der Waals surface area contributed by atoms with Crippen LogP contribution in [-0.2, 0) is 14.3 Å². The zero-order valence-electron chi connectivity index (χ0n) is 20.5. The second-order valence-electron chi connectivity index (χ2n) is 11.0. The fourth-order valence-electron chi connectivity index (χ4n) is 5.74. The molecule has 0 saturated heterocycles. The molecule has 0 bridgehead atoms. The standard InChI is InChI=1S/C30H26O6/c1-29(2)12-11-19-22(25(33)16-7-5-6-8-17(16)27(19)35-29)24-23-21(32)14-30(3,4)36-28(23)18-10-9-15(31)13-20(18)26(24)34/h5-13,19,27,31H,14H2,1-4H3. The number of fused-ring (bicyclic) bond motifs is 5. The van der Waals surface area contributed by atoms with Gasteiger partial charge >= 0.3 is 0 Å².